The Hall–Kier alpha value is -0.680. The van der Waals surface area contributed by atoms with Gasteiger partial charge >= 0.3 is 0 Å². The van der Waals surface area contributed by atoms with Crippen molar-refractivity contribution in [3.05, 3.63) is 28.2 Å². The van der Waals surface area contributed by atoms with Gasteiger partial charge < -0.3 is 4.90 Å². The quantitative estimate of drug-likeness (QED) is 0.778. The molecule has 2 aliphatic rings. The predicted octanol–water partition coefficient (Wildman–Crippen LogP) is 3.40. The lowest BCUT2D eigenvalue weighted by Gasteiger charge is -2.43. The van der Waals surface area contributed by atoms with Crippen LogP contribution in [-0.4, -0.2) is 36.6 Å². The van der Waals surface area contributed by atoms with Crippen LogP contribution in [-0.2, 0) is 0 Å². The van der Waals surface area contributed by atoms with Crippen LogP contribution >= 0.6 is 15.9 Å². The van der Waals surface area contributed by atoms with Crippen LogP contribution in [0.25, 0.3) is 0 Å². The van der Waals surface area contributed by atoms with Crippen LogP contribution in [0.2, 0.25) is 0 Å². The zero-order chi connectivity index (χ0) is 13.6. The molecule has 0 aromatic heterocycles. The third-order valence-corrected chi connectivity index (χ3v) is 4.66. The van der Waals surface area contributed by atoms with Crippen LogP contribution in [0.15, 0.2) is 16.6 Å². The first kappa shape index (κ1) is 13.3. The average Bonchev–Trinajstić information content (AvgIpc) is 2.74. The highest BCUT2D eigenvalue weighted by atomic mass is 79.9. The number of piperazine rings is 1. The minimum Gasteiger partial charge on any atom is -0.361 e. The van der Waals surface area contributed by atoms with Crippen molar-refractivity contribution in [3.8, 4) is 0 Å². The van der Waals surface area contributed by atoms with Gasteiger partial charge in [-0.15, -0.1) is 0 Å². The number of anilines is 1. The first-order chi connectivity index (χ1) is 9.06. The van der Waals surface area contributed by atoms with Crippen LogP contribution in [0.5, 0.6) is 0 Å². The second-order valence-electron chi connectivity index (χ2n) is 5.51. The molecule has 104 valence electrons. The van der Waals surface area contributed by atoms with Gasteiger partial charge in [0.25, 0.3) is 0 Å². The van der Waals surface area contributed by atoms with Crippen molar-refractivity contribution in [2.75, 3.05) is 24.5 Å². The standard InChI is InChI=1S/C14H17BrF2N2/c1-9-7-18-4-2-3-11(18)8-19(9)14-12(16)5-10(15)6-13(14)17/h5-6,9,11H,2-4,7-8H2,1H3. The second kappa shape index (κ2) is 5.02. The molecule has 0 saturated carbocycles. The van der Waals surface area contributed by atoms with E-state index in [0.717, 1.165) is 26.1 Å². The van der Waals surface area contributed by atoms with Crippen molar-refractivity contribution in [1.82, 2.24) is 4.90 Å². The molecule has 2 fully saturated rings. The molecule has 0 radical (unpaired) electrons. The zero-order valence-corrected chi connectivity index (χ0v) is 12.5. The topological polar surface area (TPSA) is 6.48 Å². The number of hydrogen-bond donors (Lipinski definition) is 0. The fourth-order valence-corrected chi connectivity index (χ4v) is 3.71. The molecule has 0 spiro atoms. The minimum absolute atomic E-state index is 0.127. The monoisotopic (exact) mass is 330 g/mol. The maximum absolute atomic E-state index is 14.1. The summed E-state index contributed by atoms with van der Waals surface area (Å²) in [6, 6.07) is 3.26. The molecular weight excluding hydrogens is 314 g/mol. The van der Waals surface area contributed by atoms with Crippen LogP contribution < -0.4 is 4.90 Å². The fraction of sp³-hybridized carbons (Fsp3) is 0.571. The van der Waals surface area contributed by atoms with Gasteiger partial charge in [-0.1, -0.05) is 15.9 Å². The summed E-state index contributed by atoms with van der Waals surface area (Å²) < 4.78 is 28.6. The molecule has 2 nitrogen and oxygen atoms in total. The van der Waals surface area contributed by atoms with E-state index in [2.05, 4.69) is 20.8 Å². The molecule has 5 heteroatoms. The normalized spacial score (nSPS) is 27.7. The Kier molecular flexibility index (Phi) is 3.52. The summed E-state index contributed by atoms with van der Waals surface area (Å²) in [5, 5.41) is 0. The Balaban J connectivity index is 1.93. The number of benzene rings is 1. The second-order valence-corrected chi connectivity index (χ2v) is 6.43. The van der Waals surface area contributed by atoms with Gasteiger partial charge in [-0.25, -0.2) is 8.78 Å². The van der Waals surface area contributed by atoms with Crippen molar-refractivity contribution in [3.63, 3.8) is 0 Å². The Morgan fingerprint density at radius 2 is 1.89 bits per heavy atom. The van der Waals surface area contributed by atoms with E-state index in [-0.39, 0.29) is 11.7 Å². The number of fused-ring (bicyclic) bond motifs is 1. The van der Waals surface area contributed by atoms with Crippen molar-refractivity contribution >= 4 is 21.6 Å². The molecule has 3 rings (SSSR count). The molecule has 0 amide bonds. The fourth-order valence-electron chi connectivity index (χ4n) is 3.31. The SMILES string of the molecule is CC1CN2CCCC2CN1c1c(F)cc(Br)cc1F. The van der Waals surface area contributed by atoms with E-state index in [1.54, 1.807) is 0 Å². The van der Waals surface area contributed by atoms with Gasteiger partial charge in [0, 0.05) is 29.6 Å². The van der Waals surface area contributed by atoms with Crippen LogP contribution in [0.4, 0.5) is 14.5 Å². The Morgan fingerprint density at radius 1 is 1.21 bits per heavy atom. The van der Waals surface area contributed by atoms with E-state index in [1.807, 2.05) is 11.8 Å². The lowest BCUT2D eigenvalue weighted by Crippen LogP contribution is -2.55. The molecule has 0 N–H and O–H groups in total. The van der Waals surface area contributed by atoms with Crippen LogP contribution in [0.3, 0.4) is 0 Å². The summed E-state index contributed by atoms with van der Waals surface area (Å²) in [6.45, 7) is 4.76. The van der Waals surface area contributed by atoms with Crippen molar-refractivity contribution in [2.24, 2.45) is 0 Å². The number of nitrogens with zero attached hydrogens (tertiary/aromatic N) is 2. The molecule has 1 aromatic carbocycles. The van der Waals surface area contributed by atoms with E-state index in [9.17, 15) is 8.78 Å². The van der Waals surface area contributed by atoms with Crippen molar-refractivity contribution in [2.45, 2.75) is 31.8 Å². The van der Waals surface area contributed by atoms with Gasteiger partial charge in [0.2, 0.25) is 0 Å². The zero-order valence-electron chi connectivity index (χ0n) is 10.9. The highest BCUT2D eigenvalue weighted by Crippen LogP contribution is 2.33. The Bertz CT molecular complexity index is 471. The molecule has 1 aromatic rings. The molecule has 2 heterocycles. The number of rotatable bonds is 1. The summed E-state index contributed by atoms with van der Waals surface area (Å²) in [5.41, 5.74) is 0.127. The van der Waals surface area contributed by atoms with E-state index in [1.165, 1.54) is 18.6 Å². The summed E-state index contributed by atoms with van der Waals surface area (Å²) in [7, 11) is 0. The molecule has 2 unspecified atom stereocenters. The third kappa shape index (κ3) is 2.38. The van der Waals surface area contributed by atoms with Gasteiger partial charge in [0.1, 0.15) is 5.69 Å². The highest BCUT2D eigenvalue weighted by molar-refractivity contribution is 9.10. The first-order valence-corrected chi connectivity index (χ1v) is 7.51. The molecule has 2 aliphatic heterocycles. The lowest BCUT2D eigenvalue weighted by molar-refractivity contribution is 0.201. The summed E-state index contributed by atoms with van der Waals surface area (Å²) in [6.07, 6.45) is 2.32. The smallest absolute Gasteiger partial charge is 0.150 e. The summed E-state index contributed by atoms with van der Waals surface area (Å²) in [5.74, 6) is -0.963. The molecule has 0 aliphatic carbocycles. The Morgan fingerprint density at radius 3 is 2.58 bits per heavy atom. The molecule has 0 bridgehead atoms. The van der Waals surface area contributed by atoms with E-state index >= 15 is 0 Å². The van der Waals surface area contributed by atoms with Crippen LogP contribution in [0, 0.1) is 11.6 Å². The van der Waals surface area contributed by atoms with Crippen LogP contribution in [0.1, 0.15) is 19.8 Å². The largest absolute Gasteiger partial charge is 0.361 e. The van der Waals surface area contributed by atoms with Gasteiger partial charge in [-0.3, -0.25) is 4.90 Å². The van der Waals surface area contributed by atoms with Gasteiger partial charge in [0.15, 0.2) is 11.6 Å². The molecular formula is C14H17BrF2N2. The number of hydrogen-bond acceptors (Lipinski definition) is 2. The molecule has 19 heavy (non-hydrogen) atoms. The van der Waals surface area contributed by atoms with E-state index < -0.39 is 11.6 Å². The maximum atomic E-state index is 14.1. The highest BCUT2D eigenvalue weighted by Gasteiger charge is 2.36. The first-order valence-electron chi connectivity index (χ1n) is 6.71. The molecule has 2 atom stereocenters. The number of halogens is 3. The van der Waals surface area contributed by atoms with Gasteiger partial charge in [-0.2, -0.15) is 0 Å². The minimum atomic E-state index is -0.481. The third-order valence-electron chi connectivity index (χ3n) is 4.21. The van der Waals surface area contributed by atoms with Crippen molar-refractivity contribution < 1.29 is 8.78 Å². The molecule has 2 saturated heterocycles. The van der Waals surface area contributed by atoms with Gasteiger partial charge in [0.05, 0.1) is 0 Å². The summed E-state index contributed by atoms with van der Waals surface area (Å²) >= 11 is 3.12. The van der Waals surface area contributed by atoms with Crippen molar-refractivity contribution in [1.29, 1.82) is 0 Å². The maximum Gasteiger partial charge on any atom is 0.150 e. The summed E-state index contributed by atoms with van der Waals surface area (Å²) in [4.78, 5) is 4.33. The Labute approximate surface area is 120 Å². The predicted molar refractivity (Wildman–Crippen MR) is 75.5 cm³/mol. The average molecular weight is 331 g/mol. The van der Waals surface area contributed by atoms with E-state index in [4.69, 9.17) is 0 Å². The van der Waals surface area contributed by atoms with E-state index in [0.29, 0.717) is 10.5 Å². The lowest BCUT2D eigenvalue weighted by atomic mass is 10.1. The van der Waals surface area contributed by atoms with Gasteiger partial charge in [-0.05, 0) is 38.4 Å².